The van der Waals surface area contributed by atoms with Crippen molar-refractivity contribution in [3.63, 3.8) is 0 Å². The third kappa shape index (κ3) is 8.01. The highest BCUT2D eigenvalue weighted by Gasteiger charge is 2.61. The van der Waals surface area contributed by atoms with Gasteiger partial charge in [-0.05, 0) is 18.1 Å². The van der Waals surface area contributed by atoms with E-state index >= 15 is 0 Å². The molecule has 0 bridgehead atoms. The fourth-order valence-corrected chi connectivity index (χ4v) is 5.54. The van der Waals surface area contributed by atoms with Crippen LogP contribution in [0.2, 0.25) is 0 Å². The second-order valence-electron chi connectivity index (χ2n) is 9.91. The van der Waals surface area contributed by atoms with Gasteiger partial charge in [0.15, 0.2) is 17.9 Å². The number of aryl methyl sites for hydroxylation is 1. The summed E-state index contributed by atoms with van der Waals surface area (Å²) in [6, 6.07) is 18.0. The average molecular weight is 625 g/mol. The predicted molar refractivity (Wildman–Crippen MR) is 151 cm³/mol. The van der Waals surface area contributed by atoms with Gasteiger partial charge in [-0.2, -0.15) is 16.8 Å². The number of aromatic amines is 1. The molecule has 42 heavy (non-hydrogen) atoms. The largest absolute Gasteiger partial charge is 0.374 e. The highest BCUT2D eigenvalue weighted by Crippen LogP contribution is 2.43. The van der Waals surface area contributed by atoms with E-state index < -0.39 is 62.1 Å². The van der Waals surface area contributed by atoms with Gasteiger partial charge in [-0.15, -0.1) is 0 Å². The van der Waals surface area contributed by atoms with E-state index in [1.807, 2.05) is 30.3 Å². The van der Waals surface area contributed by atoms with Crippen LogP contribution in [0.4, 0.5) is 0 Å². The number of H-pyrrole nitrogens is 1. The first-order valence-electron chi connectivity index (χ1n) is 12.8. The van der Waals surface area contributed by atoms with E-state index in [1.54, 1.807) is 30.3 Å². The van der Waals surface area contributed by atoms with Gasteiger partial charge in [-0.3, -0.25) is 22.7 Å². The first-order valence-corrected chi connectivity index (χ1v) is 16.4. The van der Waals surface area contributed by atoms with Crippen LogP contribution >= 0.6 is 0 Å². The summed E-state index contributed by atoms with van der Waals surface area (Å²) < 4.78 is 79.6. The number of nitrogens with zero attached hydrogens (tertiary/aromatic N) is 1. The zero-order valence-electron chi connectivity index (χ0n) is 23.2. The van der Waals surface area contributed by atoms with Crippen molar-refractivity contribution in [2.24, 2.45) is 0 Å². The molecule has 15 heteroatoms. The van der Waals surface area contributed by atoms with E-state index in [1.165, 1.54) is 13.1 Å². The lowest BCUT2D eigenvalue weighted by Gasteiger charge is -2.37. The lowest BCUT2D eigenvalue weighted by Crippen LogP contribution is -2.57. The van der Waals surface area contributed by atoms with Crippen LogP contribution in [0.1, 0.15) is 22.9 Å². The van der Waals surface area contributed by atoms with Gasteiger partial charge in [0.05, 0.1) is 32.3 Å². The summed E-state index contributed by atoms with van der Waals surface area (Å²) in [5.74, 6) is 0. The molecule has 1 saturated heterocycles. The molecule has 0 saturated carbocycles. The van der Waals surface area contributed by atoms with Gasteiger partial charge in [0.2, 0.25) is 0 Å². The summed E-state index contributed by atoms with van der Waals surface area (Å²) in [7, 11) is -8.35. The highest BCUT2D eigenvalue weighted by atomic mass is 32.2. The molecule has 228 valence electrons. The zero-order valence-corrected chi connectivity index (χ0v) is 24.8. The highest BCUT2D eigenvalue weighted by molar-refractivity contribution is 7.86. The molecule has 0 amide bonds. The number of benzene rings is 2. The Morgan fingerprint density at radius 1 is 0.905 bits per heavy atom. The summed E-state index contributed by atoms with van der Waals surface area (Å²) in [5, 5.41) is 0. The topological polar surface area (TPSA) is 169 Å². The Kier molecular flexibility index (Phi) is 9.82. The van der Waals surface area contributed by atoms with Crippen LogP contribution in [0.3, 0.4) is 0 Å². The molecule has 2 aromatic carbocycles. The number of rotatable bonds is 13. The second kappa shape index (κ2) is 13.0. The number of hydrogen-bond acceptors (Lipinski definition) is 11. The van der Waals surface area contributed by atoms with Crippen LogP contribution in [0.5, 0.6) is 0 Å². The zero-order chi connectivity index (χ0) is 30.5. The Hall–Kier alpha value is -3.18. The molecule has 0 unspecified atom stereocenters. The molecule has 0 spiro atoms. The van der Waals surface area contributed by atoms with Crippen LogP contribution in [-0.2, 0) is 56.0 Å². The van der Waals surface area contributed by atoms with E-state index in [-0.39, 0.29) is 25.4 Å². The third-order valence-corrected chi connectivity index (χ3v) is 7.62. The Balaban J connectivity index is 1.83. The van der Waals surface area contributed by atoms with Gasteiger partial charge >= 0.3 is 5.69 Å². The van der Waals surface area contributed by atoms with Gasteiger partial charge in [0.1, 0.15) is 12.7 Å². The quantitative estimate of drug-likeness (QED) is 0.272. The van der Waals surface area contributed by atoms with E-state index in [9.17, 15) is 26.4 Å². The molecule has 1 aromatic heterocycles. The van der Waals surface area contributed by atoms with Gasteiger partial charge in [-0.25, -0.2) is 4.79 Å². The van der Waals surface area contributed by atoms with Gasteiger partial charge in [-0.1, -0.05) is 60.7 Å². The molecule has 13 nitrogen and oxygen atoms in total. The van der Waals surface area contributed by atoms with Crippen molar-refractivity contribution in [3.05, 3.63) is 104 Å². The molecule has 3 aromatic rings. The van der Waals surface area contributed by atoms with Crippen molar-refractivity contribution >= 4 is 20.2 Å². The Labute approximate surface area is 243 Å². The van der Waals surface area contributed by atoms with Crippen molar-refractivity contribution in [3.8, 4) is 0 Å². The van der Waals surface area contributed by atoms with E-state index in [4.69, 9.17) is 22.6 Å². The predicted octanol–water partition coefficient (Wildman–Crippen LogP) is 1.24. The summed E-state index contributed by atoms with van der Waals surface area (Å²) in [4.78, 5) is 27.2. The molecule has 1 aliphatic rings. The molecule has 1 fully saturated rings. The molecule has 0 aliphatic carbocycles. The summed E-state index contributed by atoms with van der Waals surface area (Å²) in [6.45, 7) is 0.452. The van der Waals surface area contributed by atoms with Gasteiger partial charge in [0.25, 0.3) is 25.8 Å². The maximum Gasteiger partial charge on any atom is 0.330 e. The minimum atomic E-state index is -4.27. The molecule has 2 heterocycles. The standard InChI is InChI=1S/C27H32N2O11S2/c1-19-14-29(26(31)28-24(19)30)25-23(40-42(3,34)35)27(18-38-41(2,32)33,37-16-21-12-8-5-9-13-21)22(39-25)17-36-15-20-10-6-4-7-11-20/h4-14,22-23,25H,15-18H2,1-3H3,(H,28,30,31)/t22-,23+,25-,27-/m1/s1. The number of hydrogen-bond donors (Lipinski definition) is 1. The maximum atomic E-state index is 12.9. The van der Waals surface area contributed by atoms with Crippen molar-refractivity contribution in [1.29, 1.82) is 0 Å². The molecule has 0 radical (unpaired) electrons. The van der Waals surface area contributed by atoms with E-state index in [2.05, 4.69) is 4.98 Å². The molecule has 1 N–H and O–H groups in total. The Bertz CT molecular complexity index is 1690. The number of aromatic nitrogens is 2. The lowest BCUT2D eigenvalue weighted by atomic mass is 9.92. The Morgan fingerprint density at radius 2 is 1.50 bits per heavy atom. The molecular formula is C27H32N2O11S2. The van der Waals surface area contributed by atoms with Crippen molar-refractivity contribution in [1.82, 2.24) is 9.55 Å². The smallest absolute Gasteiger partial charge is 0.330 e. The first kappa shape index (κ1) is 31.7. The van der Waals surface area contributed by atoms with Crippen LogP contribution in [0.25, 0.3) is 0 Å². The van der Waals surface area contributed by atoms with Crippen LogP contribution < -0.4 is 11.2 Å². The van der Waals surface area contributed by atoms with Crippen molar-refractivity contribution in [2.75, 3.05) is 25.7 Å². The summed E-state index contributed by atoms with van der Waals surface area (Å²) in [5.41, 5.74) is -1.89. The molecular weight excluding hydrogens is 592 g/mol. The lowest BCUT2D eigenvalue weighted by molar-refractivity contribution is -0.162. The first-order chi connectivity index (χ1) is 19.8. The van der Waals surface area contributed by atoms with Crippen LogP contribution in [0, 0.1) is 6.92 Å². The van der Waals surface area contributed by atoms with Crippen LogP contribution in [-0.4, -0.2) is 69.9 Å². The summed E-state index contributed by atoms with van der Waals surface area (Å²) in [6.07, 6.45) is -1.57. The van der Waals surface area contributed by atoms with E-state index in [0.717, 1.165) is 22.6 Å². The SMILES string of the molecule is Cc1cn([C@@H]2O[C@H](COCc3ccccc3)[C@@](COS(C)(=O)=O)(OCc3ccccc3)[C@H]2OS(C)(=O)=O)c(=O)[nH]c1=O. The normalized spacial score (nSPS) is 22.8. The molecule has 4 rings (SSSR count). The molecule has 1 aliphatic heterocycles. The maximum absolute atomic E-state index is 12.9. The van der Waals surface area contributed by atoms with E-state index in [0.29, 0.717) is 5.56 Å². The minimum Gasteiger partial charge on any atom is -0.374 e. The summed E-state index contributed by atoms with van der Waals surface area (Å²) >= 11 is 0. The number of ether oxygens (including phenoxy) is 3. The van der Waals surface area contributed by atoms with Gasteiger partial charge in [0, 0.05) is 11.8 Å². The van der Waals surface area contributed by atoms with Gasteiger partial charge < -0.3 is 14.2 Å². The second-order valence-corrected chi connectivity index (χ2v) is 13.2. The fraction of sp³-hybridized carbons (Fsp3) is 0.407. The number of nitrogens with one attached hydrogen (secondary N) is 1. The monoisotopic (exact) mass is 624 g/mol. The Morgan fingerprint density at radius 3 is 2.07 bits per heavy atom. The van der Waals surface area contributed by atoms with Crippen LogP contribution in [0.15, 0.2) is 76.4 Å². The average Bonchev–Trinajstić information content (AvgIpc) is 3.20. The molecule has 4 atom stereocenters. The van der Waals surface area contributed by atoms with Crippen molar-refractivity contribution in [2.45, 2.75) is 44.2 Å². The minimum absolute atomic E-state index is 0.127. The van der Waals surface area contributed by atoms with Crippen molar-refractivity contribution < 1.29 is 39.4 Å². The fourth-order valence-electron chi connectivity index (χ4n) is 4.50. The third-order valence-electron chi connectivity index (χ3n) is 6.52.